The van der Waals surface area contributed by atoms with Crippen molar-refractivity contribution in [2.75, 3.05) is 33.2 Å². The lowest BCUT2D eigenvalue weighted by atomic mass is 9.82. The molecule has 0 saturated heterocycles. The maximum atomic E-state index is 13.8. The standard InChI is InChI=1S/C37H58N4O5/c1-5-14-31(37(46)39-32(24-28-17-12-9-13-18-28)35(44)33(42)25-29-19-20-29)38-36(45)30(23-27-15-10-8-11-16-27)26-34(43)40(4)21-22-41(6-2)7-3/h1,8,10-11,15-16,28-33,35,42,44H,6-7,9,12-14,17-26H2,2-4H3,(H,38,45)(H,39,46)/t30?,31-,32?,33?,35+/m0/s1. The van der Waals surface area contributed by atoms with E-state index < -0.39 is 42.0 Å². The molecule has 0 radical (unpaired) electrons. The number of carbonyl (C=O) groups is 3. The summed E-state index contributed by atoms with van der Waals surface area (Å²) in [6.45, 7) is 7.27. The fraction of sp³-hybridized carbons (Fsp3) is 0.703. The average Bonchev–Trinajstić information content (AvgIpc) is 3.88. The van der Waals surface area contributed by atoms with Gasteiger partial charge >= 0.3 is 0 Å². The van der Waals surface area contributed by atoms with Gasteiger partial charge in [0.1, 0.15) is 12.1 Å². The van der Waals surface area contributed by atoms with E-state index in [1.54, 1.807) is 11.9 Å². The fourth-order valence-electron chi connectivity index (χ4n) is 6.55. The number of carbonyl (C=O) groups excluding carboxylic acids is 3. The summed E-state index contributed by atoms with van der Waals surface area (Å²) in [7, 11) is 1.76. The summed E-state index contributed by atoms with van der Waals surface area (Å²) in [4.78, 5) is 44.7. The minimum absolute atomic E-state index is 0.00372. The van der Waals surface area contributed by atoms with Gasteiger partial charge in [-0.3, -0.25) is 14.4 Å². The summed E-state index contributed by atoms with van der Waals surface area (Å²) >= 11 is 0. The van der Waals surface area contributed by atoms with Crippen molar-refractivity contribution >= 4 is 17.7 Å². The number of nitrogens with zero attached hydrogens (tertiary/aromatic N) is 2. The second-order valence-electron chi connectivity index (χ2n) is 13.5. The van der Waals surface area contributed by atoms with E-state index in [4.69, 9.17) is 6.42 Å². The smallest absolute Gasteiger partial charge is 0.243 e. The molecule has 1 aromatic rings. The quantitative estimate of drug-likeness (QED) is 0.162. The molecular formula is C37H58N4O5. The molecule has 9 heteroatoms. The van der Waals surface area contributed by atoms with Gasteiger partial charge in [-0.15, -0.1) is 12.3 Å². The lowest BCUT2D eigenvalue weighted by Gasteiger charge is -2.33. The summed E-state index contributed by atoms with van der Waals surface area (Å²) in [5.74, 6) is 1.55. The molecule has 9 nitrogen and oxygen atoms in total. The number of nitrogens with one attached hydrogen (secondary N) is 2. The van der Waals surface area contributed by atoms with Gasteiger partial charge in [0, 0.05) is 33.0 Å². The van der Waals surface area contributed by atoms with Crippen molar-refractivity contribution in [3.8, 4) is 12.3 Å². The molecule has 2 fully saturated rings. The Morgan fingerprint density at radius 2 is 1.57 bits per heavy atom. The van der Waals surface area contributed by atoms with Gasteiger partial charge in [0.05, 0.1) is 18.1 Å². The van der Waals surface area contributed by atoms with Crippen LogP contribution in [0.2, 0.25) is 0 Å². The first-order valence-corrected chi connectivity index (χ1v) is 17.6. The number of aliphatic hydroxyl groups excluding tert-OH is 2. The zero-order chi connectivity index (χ0) is 33.5. The molecule has 5 atom stereocenters. The normalized spacial score (nSPS) is 18.5. The highest BCUT2D eigenvalue weighted by atomic mass is 16.3. The Balaban J connectivity index is 1.72. The van der Waals surface area contributed by atoms with Gasteiger partial charge in [0.15, 0.2) is 0 Å². The SMILES string of the molecule is C#CC[C@H](NC(=O)C(CC(=O)N(C)CCN(CC)CC)Cc1ccccc1)C(=O)NC(CC1CCCCC1)[C@@H](O)C(O)CC1CC1. The van der Waals surface area contributed by atoms with E-state index >= 15 is 0 Å². The van der Waals surface area contributed by atoms with Crippen LogP contribution in [0.15, 0.2) is 30.3 Å². The van der Waals surface area contributed by atoms with Gasteiger partial charge in [-0.2, -0.15) is 0 Å². The van der Waals surface area contributed by atoms with E-state index in [0.29, 0.717) is 37.6 Å². The van der Waals surface area contributed by atoms with Crippen molar-refractivity contribution in [1.82, 2.24) is 20.4 Å². The lowest BCUT2D eigenvalue weighted by Crippen LogP contribution is -2.56. The Morgan fingerprint density at radius 1 is 0.913 bits per heavy atom. The van der Waals surface area contributed by atoms with Crippen LogP contribution < -0.4 is 10.6 Å². The van der Waals surface area contributed by atoms with Crippen LogP contribution in [0, 0.1) is 30.1 Å². The second kappa shape index (κ2) is 19.7. The minimum atomic E-state index is -1.11. The first-order valence-electron chi connectivity index (χ1n) is 17.6. The lowest BCUT2D eigenvalue weighted by molar-refractivity contribution is -0.137. The topological polar surface area (TPSA) is 122 Å². The van der Waals surface area contributed by atoms with Crippen LogP contribution in [0.1, 0.15) is 90.0 Å². The third-order valence-corrected chi connectivity index (χ3v) is 9.86. The predicted molar refractivity (Wildman–Crippen MR) is 182 cm³/mol. The number of terminal acetylenes is 1. The molecule has 3 rings (SSSR count). The van der Waals surface area contributed by atoms with Crippen molar-refractivity contribution < 1.29 is 24.6 Å². The van der Waals surface area contributed by atoms with Crippen molar-refractivity contribution in [2.45, 2.75) is 115 Å². The largest absolute Gasteiger partial charge is 0.390 e. The highest BCUT2D eigenvalue weighted by Gasteiger charge is 2.36. The predicted octanol–water partition coefficient (Wildman–Crippen LogP) is 3.52. The van der Waals surface area contributed by atoms with E-state index in [2.05, 4.69) is 35.3 Å². The molecule has 0 bridgehead atoms. The summed E-state index contributed by atoms with van der Waals surface area (Å²) in [5, 5.41) is 27.9. The van der Waals surface area contributed by atoms with Gasteiger partial charge in [0.2, 0.25) is 17.7 Å². The van der Waals surface area contributed by atoms with Crippen molar-refractivity contribution in [1.29, 1.82) is 0 Å². The maximum Gasteiger partial charge on any atom is 0.243 e. The third kappa shape index (κ3) is 12.7. The third-order valence-electron chi connectivity index (χ3n) is 9.86. The Kier molecular flexibility index (Phi) is 16.0. The van der Waals surface area contributed by atoms with Crippen molar-refractivity contribution in [2.24, 2.45) is 17.8 Å². The zero-order valence-electron chi connectivity index (χ0n) is 28.3. The molecule has 2 aliphatic carbocycles. The van der Waals surface area contributed by atoms with Crippen LogP contribution in [-0.2, 0) is 20.8 Å². The van der Waals surface area contributed by atoms with Crippen LogP contribution in [-0.4, -0.2) is 95.3 Å². The Labute approximate surface area is 276 Å². The molecule has 0 heterocycles. The number of rotatable bonds is 20. The zero-order valence-corrected chi connectivity index (χ0v) is 28.3. The number of benzene rings is 1. The molecule has 4 N–H and O–H groups in total. The van der Waals surface area contributed by atoms with Crippen LogP contribution in [0.25, 0.3) is 0 Å². The maximum absolute atomic E-state index is 13.8. The van der Waals surface area contributed by atoms with Crippen molar-refractivity contribution in [3.63, 3.8) is 0 Å². The summed E-state index contributed by atoms with van der Waals surface area (Å²) in [6, 6.07) is 7.85. The number of hydrogen-bond donors (Lipinski definition) is 4. The first kappa shape index (κ1) is 37.5. The summed E-state index contributed by atoms with van der Waals surface area (Å²) in [6.07, 6.45) is 12.6. The Bertz CT molecular complexity index is 1110. The van der Waals surface area contributed by atoms with Crippen LogP contribution in [0.4, 0.5) is 0 Å². The van der Waals surface area contributed by atoms with Crippen LogP contribution in [0.5, 0.6) is 0 Å². The number of amides is 3. The molecule has 1 aromatic carbocycles. The number of aliphatic hydroxyl groups is 2. The monoisotopic (exact) mass is 638 g/mol. The molecule has 2 aliphatic rings. The highest BCUT2D eigenvalue weighted by Crippen LogP contribution is 2.35. The molecule has 0 aromatic heterocycles. The van der Waals surface area contributed by atoms with Gasteiger partial charge < -0.3 is 30.6 Å². The molecule has 256 valence electrons. The molecule has 46 heavy (non-hydrogen) atoms. The molecule has 3 amide bonds. The van der Waals surface area contributed by atoms with Crippen molar-refractivity contribution in [3.05, 3.63) is 35.9 Å². The van der Waals surface area contributed by atoms with Gasteiger partial charge in [-0.25, -0.2) is 0 Å². The second-order valence-corrected chi connectivity index (χ2v) is 13.5. The van der Waals surface area contributed by atoms with E-state index in [9.17, 15) is 24.6 Å². The van der Waals surface area contributed by atoms with E-state index in [1.165, 1.54) is 6.42 Å². The minimum Gasteiger partial charge on any atom is -0.390 e. The average molecular weight is 639 g/mol. The molecule has 0 spiro atoms. The van der Waals surface area contributed by atoms with Gasteiger partial charge in [-0.1, -0.05) is 89.1 Å². The van der Waals surface area contributed by atoms with E-state index in [-0.39, 0.29) is 18.7 Å². The number of hydrogen-bond acceptors (Lipinski definition) is 6. The molecular weight excluding hydrogens is 580 g/mol. The molecule has 0 aliphatic heterocycles. The van der Waals surface area contributed by atoms with Crippen LogP contribution >= 0.6 is 0 Å². The fourth-order valence-corrected chi connectivity index (χ4v) is 6.55. The van der Waals surface area contributed by atoms with Gasteiger partial charge in [-0.05, 0) is 49.8 Å². The highest BCUT2D eigenvalue weighted by molar-refractivity contribution is 5.91. The first-order chi connectivity index (χ1) is 22.1. The Hall–Kier alpha value is -2.93. The summed E-state index contributed by atoms with van der Waals surface area (Å²) in [5.41, 5.74) is 0.916. The molecule has 3 unspecified atom stereocenters. The summed E-state index contributed by atoms with van der Waals surface area (Å²) < 4.78 is 0. The van der Waals surface area contributed by atoms with Gasteiger partial charge in [0.25, 0.3) is 0 Å². The Morgan fingerprint density at radius 3 is 2.17 bits per heavy atom. The van der Waals surface area contributed by atoms with E-state index in [0.717, 1.165) is 63.7 Å². The molecule has 2 saturated carbocycles. The number of likely N-dealkylation sites (N-methyl/N-ethyl adjacent to an activating group) is 2. The van der Waals surface area contributed by atoms with Crippen LogP contribution in [0.3, 0.4) is 0 Å². The van der Waals surface area contributed by atoms with E-state index in [1.807, 2.05) is 30.3 Å².